The molecule has 0 unspecified atom stereocenters. The Balaban J connectivity index is 1.97. The van der Waals surface area contributed by atoms with Crippen LogP contribution in [0.15, 0.2) is 22.7 Å². The number of hydrogen-bond acceptors (Lipinski definition) is 3. The fourth-order valence-corrected chi connectivity index (χ4v) is 3.30. The summed E-state index contributed by atoms with van der Waals surface area (Å²) in [6.07, 6.45) is 3.99. The van der Waals surface area contributed by atoms with Crippen molar-refractivity contribution in [1.29, 1.82) is 0 Å². The molecule has 0 heterocycles. The lowest BCUT2D eigenvalue weighted by Gasteiger charge is -2.49. The second-order valence-corrected chi connectivity index (χ2v) is 6.85. The molecule has 3 nitrogen and oxygen atoms in total. The van der Waals surface area contributed by atoms with E-state index in [-0.39, 0.29) is 0 Å². The third kappa shape index (κ3) is 3.30. The first-order valence-corrected chi connectivity index (χ1v) is 7.62. The number of rotatable bonds is 5. The van der Waals surface area contributed by atoms with Crippen LogP contribution in [0.3, 0.4) is 0 Å². The third-order valence-corrected chi connectivity index (χ3v) is 5.00. The second-order valence-electron chi connectivity index (χ2n) is 6.00. The van der Waals surface area contributed by atoms with Crippen molar-refractivity contribution in [3.05, 3.63) is 28.2 Å². The van der Waals surface area contributed by atoms with Crippen molar-refractivity contribution < 1.29 is 0 Å². The monoisotopic (exact) mass is 325 g/mol. The Labute approximate surface area is 124 Å². The minimum atomic E-state index is 0.389. The van der Waals surface area contributed by atoms with Gasteiger partial charge in [0.15, 0.2) is 0 Å². The lowest BCUT2D eigenvalue weighted by Crippen LogP contribution is -2.56. The lowest BCUT2D eigenvalue weighted by molar-refractivity contribution is 0.0259. The second kappa shape index (κ2) is 5.81. The first-order chi connectivity index (χ1) is 8.93. The zero-order valence-corrected chi connectivity index (χ0v) is 13.7. The molecule has 1 aromatic rings. The van der Waals surface area contributed by atoms with E-state index in [2.05, 4.69) is 59.0 Å². The molecule has 1 saturated carbocycles. The highest BCUT2D eigenvalue weighted by atomic mass is 79.9. The average molecular weight is 326 g/mol. The van der Waals surface area contributed by atoms with Gasteiger partial charge in [0.05, 0.1) is 0 Å². The molecule has 2 N–H and O–H groups in total. The van der Waals surface area contributed by atoms with Crippen LogP contribution in [0, 0.1) is 0 Å². The summed E-state index contributed by atoms with van der Waals surface area (Å²) in [6, 6.07) is 6.20. The highest BCUT2D eigenvalue weighted by Crippen LogP contribution is 2.36. The molecule has 1 aliphatic carbocycles. The predicted octanol–water partition coefficient (Wildman–Crippen LogP) is 2.95. The van der Waals surface area contributed by atoms with E-state index in [1.54, 1.807) is 0 Å². The van der Waals surface area contributed by atoms with Gasteiger partial charge in [-0.25, -0.2) is 0 Å². The summed E-state index contributed by atoms with van der Waals surface area (Å²) >= 11 is 3.49. The van der Waals surface area contributed by atoms with Crippen molar-refractivity contribution in [3.8, 4) is 0 Å². The Kier molecular flexibility index (Phi) is 4.54. The number of benzene rings is 1. The molecule has 0 aliphatic heterocycles. The van der Waals surface area contributed by atoms with E-state index in [9.17, 15) is 0 Å². The van der Waals surface area contributed by atoms with Gasteiger partial charge in [-0.15, -0.1) is 0 Å². The van der Waals surface area contributed by atoms with Crippen LogP contribution < -0.4 is 5.73 Å². The summed E-state index contributed by atoms with van der Waals surface area (Å²) in [7, 11) is 6.60. The minimum Gasteiger partial charge on any atom is -0.398 e. The number of nitrogens with two attached hydrogens (primary N) is 1. The Morgan fingerprint density at radius 3 is 2.42 bits per heavy atom. The van der Waals surface area contributed by atoms with Crippen LogP contribution in [0.4, 0.5) is 5.69 Å². The molecule has 4 heteroatoms. The zero-order chi connectivity index (χ0) is 14.0. The Bertz CT molecular complexity index is 441. The lowest BCUT2D eigenvalue weighted by atomic mass is 9.75. The van der Waals surface area contributed by atoms with E-state index in [0.717, 1.165) is 23.2 Å². The van der Waals surface area contributed by atoms with Crippen molar-refractivity contribution >= 4 is 21.6 Å². The fraction of sp³-hybridized carbons (Fsp3) is 0.600. The number of anilines is 1. The summed E-state index contributed by atoms with van der Waals surface area (Å²) < 4.78 is 0.990. The van der Waals surface area contributed by atoms with Crippen molar-refractivity contribution in [3.63, 3.8) is 0 Å². The van der Waals surface area contributed by atoms with Crippen molar-refractivity contribution in [1.82, 2.24) is 9.80 Å². The van der Waals surface area contributed by atoms with Crippen LogP contribution in [0.5, 0.6) is 0 Å². The average Bonchev–Trinajstić information content (AvgIpc) is 2.28. The maximum atomic E-state index is 5.82. The molecule has 1 aliphatic rings. The first-order valence-electron chi connectivity index (χ1n) is 6.83. The van der Waals surface area contributed by atoms with Crippen LogP contribution in [-0.2, 0) is 6.54 Å². The molecule has 0 amide bonds. The van der Waals surface area contributed by atoms with Gasteiger partial charge in [0.1, 0.15) is 0 Å². The summed E-state index contributed by atoms with van der Waals surface area (Å²) in [5, 5.41) is 0. The topological polar surface area (TPSA) is 32.5 Å². The zero-order valence-electron chi connectivity index (χ0n) is 12.1. The molecule has 106 valence electrons. The number of nitrogens with zero attached hydrogens (tertiary/aromatic N) is 2. The number of halogens is 1. The highest BCUT2D eigenvalue weighted by Gasteiger charge is 2.39. The normalized spacial score (nSPS) is 17.8. The molecular formula is C15H24BrN3. The van der Waals surface area contributed by atoms with E-state index < -0.39 is 0 Å². The summed E-state index contributed by atoms with van der Waals surface area (Å²) in [5.74, 6) is 0. The van der Waals surface area contributed by atoms with Crippen LogP contribution in [0.2, 0.25) is 0 Å². The molecule has 0 radical (unpaired) electrons. The highest BCUT2D eigenvalue weighted by molar-refractivity contribution is 9.10. The number of likely N-dealkylation sites (N-methyl/N-ethyl adjacent to an activating group) is 2. The van der Waals surface area contributed by atoms with E-state index in [1.807, 2.05) is 6.07 Å². The molecule has 0 spiro atoms. The quantitative estimate of drug-likeness (QED) is 0.845. The molecule has 19 heavy (non-hydrogen) atoms. The molecular weight excluding hydrogens is 302 g/mol. The van der Waals surface area contributed by atoms with Crippen LogP contribution in [0.1, 0.15) is 24.8 Å². The van der Waals surface area contributed by atoms with Gasteiger partial charge in [0, 0.05) is 28.8 Å². The van der Waals surface area contributed by atoms with Crippen molar-refractivity contribution in [2.45, 2.75) is 31.3 Å². The fourth-order valence-electron chi connectivity index (χ4n) is 2.87. The smallest absolute Gasteiger partial charge is 0.0458 e. The van der Waals surface area contributed by atoms with Gasteiger partial charge in [0.25, 0.3) is 0 Å². The molecule has 1 aromatic carbocycles. The van der Waals surface area contributed by atoms with Crippen LogP contribution in [-0.4, -0.2) is 43.0 Å². The molecule has 0 bridgehead atoms. The van der Waals surface area contributed by atoms with Crippen LogP contribution in [0.25, 0.3) is 0 Å². The Hall–Kier alpha value is -0.580. The summed E-state index contributed by atoms with van der Waals surface area (Å²) in [5.41, 5.74) is 8.32. The number of nitrogen functional groups attached to an aromatic ring is 1. The minimum absolute atomic E-state index is 0.389. The SMILES string of the molecule is CN(Cc1ccc(N)c(Br)c1)CC1(N(C)C)CCC1. The van der Waals surface area contributed by atoms with Gasteiger partial charge in [-0.05, 0) is 74.0 Å². The molecule has 0 aromatic heterocycles. The third-order valence-electron chi connectivity index (χ3n) is 4.31. The van der Waals surface area contributed by atoms with Crippen molar-refractivity contribution in [2.24, 2.45) is 0 Å². The maximum absolute atomic E-state index is 5.82. The largest absolute Gasteiger partial charge is 0.398 e. The predicted molar refractivity (Wildman–Crippen MR) is 85.2 cm³/mol. The Morgan fingerprint density at radius 1 is 1.26 bits per heavy atom. The van der Waals surface area contributed by atoms with E-state index >= 15 is 0 Å². The summed E-state index contributed by atoms with van der Waals surface area (Å²) in [6.45, 7) is 2.09. The van der Waals surface area contributed by atoms with Gasteiger partial charge in [-0.2, -0.15) is 0 Å². The van der Waals surface area contributed by atoms with Gasteiger partial charge in [-0.3, -0.25) is 0 Å². The van der Waals surface area contributed by atoms with E-state index in [1.165, 1.54) is 24.8 Å². The van der Waals surface area contributed by atoms with E-state index in [4.69, 9.17) is 5.73 Å². The van der Waals surface area contributed by atoms with E-state index in [0.29, 0.717) is 5.54 Å². The first kappa shape index (κ1) is 14.8. The molecule has 0 atom stereocenters. The Morgan fingerprint density at radius 2 is 1.95 bits per heavy atom. The maximum Gasteiger partial charge on any atom is 0.0458 e. The van der Waals surface area contributed by atoms with Gasteiger partial charge in [0.2, 0.25) is 0 Å². The van der Waals surface area contributed by atoms with Gasteiger partial charge in [-0.1, -0.05) is 6.07 Å². The van der Waals surface area contributed by atoms with Crippen LogP contribution >= 0.6 is 15.9 Å². The van der Waals surface area contributed by atoms with Gasteiger partial charge >= 0.3 is 0 Å². The van der Waals surface area contributed by atoms with Gasteiger partial charge < -0.3 is 15.5 Å². The summed E-state index contributed by atoms with van der Waals surface area (Å²) in [4.78, 5) is 4.81. The standard InChI is InChI=1S/C15H24BrN3/c1-18(2)15(7-4-8-15)11-19(3)10-12-5-6-14(17)13(16)9-12/h5-6,9H,4,7-8,10-11,17H2,1-3H3. The van der Waals surface area contributed by atoms with Crippen molar-refractivity contribution in [2.75, 3.05) is 33.4 Å². The number of hydrogen-bond donors (Lipinski definition) is 1. The molecule has 0 saturated heterocycles. The molecule has 1 fully saturated rings. The molecule has 2 rings (SSSR count).